The molecule has 0 unspecified atom stereocenters. The number of carboxylic acid groups (broad SMARTS) is 1. The Morgan fingerprint density at radius 2 is 1.73 bits per heavy atom. The number of aromatic carboxylic acids is 1. The number of carboxylic acids is 1. The van der Waals surface area contributed by atoms with Crippen molar-refractivity contribution >= 4 is 22.6 Å². The number of rotatable bonds is 4. The van der Waals surface area contributed by atoms with Crippen molar-refractivity contribution in [1.29, 1.82) is 0 Å². The van der Waals surface area contributed by atoms with Gasteiger partial charge in [-0.1, -0.05) is 12.1 Å². The first-order valence-corrected chi connectivity index (χ1v) is 10.7. The molecule has 3 aromatic rings. The third-order valence-electron chi connectivity index (χ3n) is 6.32. The Morgan fingerprint density at radius 1 is 1.06 bits per heavy atom. The number of piperidine rings is 1. The summed E-state index contributed by atoms with van der Waals surface area (Å²) in [5.41, 5.74) is 0.236. The topological polar surface area (TPSA) is 81.0 Å². The van der Waals surface area contributed by atoms with Crippen molar-refractivity contribution in [1.82, 2.24) is 4.57 Å². The molecule has 2 aliphatic rings. The molecule has 7 nitrogen and oxygen atoms in total. The third-order valence-corrected chi connectivity index (χ3v) is 6.32. The van der Waals surface area contributed by atoms with Crippen molar-refractivity contribution in [2.75, 3.05) is 31.2 Å². The van der Waals surface area contributed by atoms with Crippen LogP contribution < -0.4 is 10.3 Å². The van der Waals surface area contributed by atoms with Gasteiger partial charge in [0.25, 0.3) is 0 Å². The van der Waals surface area contributed by atoms with Crippen LogP contribution in [0.5, 0.6) is 0 Å². The van der Waals surface area contributed by atoms with Crippen molar-refractivity contribution < 1.29 is 28.2 Å². The van der Waals surface area contributed by atoms with Crippen LogP contribution in [0, 0.1) is 11.6 Å². The molecule has 3 heterocycles. The van der Waals surface area contributed by atoms with E-state index < -0.39 is 34.4 Å². The molecule has 2 fully saturated rings. The molecule has 0 saturated carbocycles. The van der Waals surface area contributed by atoms with Gasteiger partial charge < -0.3 is 24.0 Å². The normalized spacial score (nSPS) is 17.7. The highest BCUT2D eigenvalue weighted by Gasteiger charge is 2.40. The van der Waals surface area contributed by atoms with Crippen molar-refractivity contribution in [2.24, 2.45) is 0 Å². The summed E-state index contributed by atoms with van der Waals surface area (Å²) in [7, 11) is 0. The summed E-state index contributed by atoms with van der Waals surface area (Å²) < 4.78 is 41.5. The van der Waals surface area contributed by atoms with Gasteiger partial charge in [0, 0.05) is 44.1 Å². The predicted octanol–water partition coefficient (Wildman–Crippen LogP) is 3.37. The molecule has 0 atom stereocenters. The van der Waals surface area contributed by atoms with Gasteiger partial charge in [-0.3, -0.25) is 4.79 Å². The van der Waals surface area contributed by atoms with Crippen molar-refractivity contribution in [2.45, 2.75) is 25.2 Å². The molecule has 172 valence electrons. The molecule has 2 aromatic carbocycles. The molecular weight excluding hydrogens is 434 g/mol. The zero-order chi connectivity index (χ0) is 23.2. The first-order chi connectivity index (χ1) is 15.8. The maximum Gasteiger partial charge on any atom is 0.341 e. The summed E-state index contributed by atoms with van der Waals surface area (Å²) in [4.78, 5) is 26.3. The number of anilines is 1. The molecule has 0 aliphatic carbocycles. The van der Waals surface area contributed by atoms with Crippen LogP contribution >= 0.6 is 0 Å². The molecule has 0 bridgehead atoms. The van der Waals surface area contributed by atoms with E-state index in [2.05, 4.69) is 0 Å². The summed E-state index contributed by atoms with van der Waals surface area (Å²) in [6.45, 7) is 2.31. The van der Waals surface area contributed by atoms with E-state index in [1.165, 1.54) is 18.3 Å². The Morgan fingerprint density at radius 3 is 2.36 bits per heavy atom. The lowest BCUT2D eigenvalue weighted by Crippen LogP contribution is -2.45. The Balaban J connectivity index is 1.57. The molecule has 5 rings (SSSR count). The first-order valence-electron chi connectivity index (χ1n) is 10.7. The van der Waals surface area contributed by atoms with E-state index in [0.717, 1.165) is 6.07 Å². The molecule has 1 spiro atoms. The maximum absolute atomic E-state index is 15.1. The number of fused-ring (bicyclic) bond motifs is 1. The molecule has 0 radical (unpaired) electrons. The van der Waals surface area contributed by atoms with E-state index in [0.29, 0.717) is 55.9 Å². The van der Waals surface area contributed by atoms with Gasteiger partial charge in [-0.25, -0.2) is 13.6 Å². The molecule has 1 N–H and O–H groups in total. The van der Waals surface area contributed by atoms with Gasteiger partial charge >= 0.3 is 5.97 Å². The summed E-state index contributed by atoms with van der Waals surface area (Å²) in [5, 5.41) is 9.47. The fourth-order valence-electron chi connectivity index (χ4n) is 4.59. The van der Waals surface area contributed by atoms with E-state index in [9.17, 15) is 19.1 Å². The molecule has 1 aromatic heterocycles. The minimum Gasteiger partial charge on any atom is -0.477 e. The zero-order valence-corrected chi connectivity index (χ0v) is 17.7. The lowest BCUT2D eigenvalue weighted by molar-refractivity contribution is -0.169. The molecule has 2 saturated heterocycles. The number of hydrogen-bond donors (Lipinski definition) is 1. The number of ether oxygens (including phenoxy) is 2. The highest BCUT2D eigenvalue weighted by atomic mass is 19.1. The van der Waals surface area contributed by atoms with Gasteiger partial charge in [0.15, 0.2) is 5.79 Å². The highest BCUT2D eigenvalue weighted by Crippen LogP contribution is 2.35. The van der Waals surface area contributed by atoms with Gasteiger partial charge in [0.1, 0.15) is 17.2 Å². The third kappa shape index (κ3) is 3.98. The van der Waals surface area contributed by atoms with Gasteiger partial charge in [-0.15, -0.1) is 0 Å². The fourth-order valence-corrected chi connectivity index (χ4v) is 4.59. The van der Waals surface area contributed by atoms with E-state index >= 15 is 4.39 Å². The van der Waals surface area contributed by atoms with E-state index in [-0.39, 0.29) is 11.9 Å². The molecule has 9 heteroatoms. The lowest BCUT2D eigenvalue weighted by atomic mass is 10.0. The average molecular weight is 456 g/mol. The van der Waals surface area contributed by atoms with Crippen LogP contribution in [0.3, 0.4) is 0 Å². The number of pyridine rings is 1. The Kier molecular flexibility index (Phi) is 5.38. The van der Waals surface area contributed by atoms with Crippen LogP contribution in [-0.2, 0) is 16.0 Å². The monoisotopic (exact) mass is 456 g/mol. The lowest BCUT2D eigenvalue weighted by Gasteiger charge is -2.38. The molecule has 0 amide bonds. The number of hydrogen-bond acceptors (Lipinski definition) is 5. The second kappa shape index (κ2) is 8.24. The van der Waals surface area contributed by atoms with Gasteiger partial charge in [0.05, 0.1) is 24.4 Å². The SMILES string of the molecule is O=C(O)c1cn(Cc2ccc(F)cc2)c2cc(N3CCC4(CC3)OCCO4)c(F)cc2c1=O. The van der Waals surface area contributed by atoms with Crippen LogP contribution in [0.1, 0.15) is 28.8 Å². The maximum atomic E-state index is 15.1. The van der Waals surface area contributed by atoms with E-state index in [1.807, 2.05) is 4.90 Å². The van der Waals surface area contributed by atoms with E-state index in [4.69, 9.17) is 9.47 Å². The van der Waals surface area contributed by atoms with Crippen LogP contribution in [0.25, 0.3) is 10.9 Å². The van der Waals surface area contributed by atoms with E-state index in [1.54, 1.807) is 22.8 Å². The van der Waals surface area contributed by atoms with Crippen LogP contribution in [0.15, 0.2) is 47.4 Å². The van der Waals surface area contributed by atoms with Gasteiger partial charge in [-0.05, 0) is 29.8 Å². The number of aromatic nitrogens is 1. The van der Waals surface area contributed by atoms with Crippen molar-refractivity contribution in [3.63, 3.8) is 0 Å². The van der Waals surface area contributed by atoms with Gasteiger partial charge in [-0.2, -0.15) is 0 Å². The zero-order valence-electron chi connectivity index (χ0n) is 17.7. The van der Waals surface area contributed by atoms with Gasteiger partial charge in [0.2, 0.25) is 5.43 Å². The number of benzene rings is 2. The summed E-state index contributed by atoms with van der Waals surface area (Å²) in [6, 6.07) is 8.45. The van der Waals surface area contributed by atoms with Crippen LogP contribution in [0.4, 0.5) is 14.5 Å². The van der Waals surface area contributed by atoms with Crippen molar-refractivity contribution in [3.05, 3.63) is 75.6 Å². The second-order valence-electron chi connectivity index (χ2n) is 8.35. The Labute approximate surface area is 187 Å². The standard InChI is InChI=1S/C24H22F2N2O5/c25-16-3-1-15(2-4-16)13-28-14-18(23(30)31)22(29)17-11-19(26)21(12-20(17)28)27-7-5-24(6-8-27)32-9-10-33-24/h1-4,11-12,14H,5-10,13H2,(H,30,31). The minimum absolute atomic E-state index is 0.0193. The summed E-state index contributed by atoms with van der Waals surface area (Å²) >= 11 is 0. The Hall–Kier alpha value is -3.30. The second-order valence-corrected chi connectivity index (χ2v) is 8.35. The Bertz CT molecular complexity index is 1270. The summed E-state index contributed by atoms with van der Waals surface area (Å²) in [6.07, 6.45) is 2.43. The number of carbonyl (C=O) groups is 1. The first kappa shape index (κ1) is 21.5. The fraction of sp³-hybridized carbons (Fsp3) is 0.333. The smallest absolute Gasteiger partial charge is 0.341 e. The quantitative estimate of drug-likeness (QED) is 0.649. The van der Waals surface area contributed by atoms with Crippen LogP contribution in [-0.4, -0.2) is 47.7 Å². The summed E-state index contributed by atoms with van der Waals surface area (Å²) in [5.74, 6) is -2.99. The number of nitrogens with zero attached hydrogens (tertiary/aromatic N) is 2. The molecule has 33 heavy (non-hydrogen) atoms. The van der Waals surface area contributed by atoms with Crippen molar-refractivity contribution in [3.8, 4) is 0 Å². The van der Waals surface area contributed by atoms with Crippen LogP contribution in [0.2, 0.25) is 0 Å². The highest BCUT2D eigenvalue weighted by molar-refractivity contribution is 5.93. The predicted molar refractivity (Wildman–Crippen MR) is 117 cm³/mol. The number of halogens is 2. The molecule has 2 aliphatic heterocycles. The average Bonchev–Trinajstić information content (AvgIpc) is 3.25. The minimum atomic E-state index is -1.39. The largest absolute Gasteiger partial charge is 0.477 e. The molecular formula is C24H22F2N2O5.